The maximum atomic E-state index is 2.51. The molecule has 3 nitrogen and oxygen atoms in total. The van der Waals surface area contributed by atoms with Crippen LogP contribution in [0.3, 0.4) is 0 Å². The first-order valence-corrected chi connectivity index (χ1v) is 17.5. The van der Waals surface area contributed by atoms with E-state index in [2.05, 4.69) is 202 Å². The SMILES string of the molecule is c1ccc(-c2cc(-c3ccccc3)cc(-n3c4ccccc4c4ccc5c(c6cccc7c6n5-c5ccccc5N7c5ccccc5)c43)c2)cc1. The Bertz CT molecular complexity index is 2900. The fourth-order valence-corrected chi connectivity index (χ4v) is 8.45. The zero-order chi connectivity index (χ0) is 33.5. The van der Waals surface area contributed by atoms with Gasteiger partial charge in [0.15, 0.2) is 0 Å². The summed E-state index contributed by atoms with van der Waals surface area (Å²) < 4.78 is 5.01. The van der Waals surface area contributed by atoms with E-state index in [0.717, 1.165) is 11.4 Å². The lowest BCUT2D eigenvalue weighted by molar-refractivity contribution is 1.11. The molecule has 10 aromatic rings. The van der Waals surface area contributed by atoms with Gasteiger partial charge in [-0.2, -0.15) is 0 Å². The molecule has 3 heterocycles. The van der Waals surface area contributed by atoms with Crippen molar-refractivity contribution in [3.05, 3.63) is 188 Å². The first kappa shape index (κ1) is 28.0. The molecule has 0 bridgehead atoms. The standard InChI is InChI=1S/C48H31N3/c1-4-15-32(16-5-1)34-29-35(33-17-6-2-7-18-33)31-37(30-34)50-41-23-11-10-21-38(41)39-27-28-44-46(48(39)50)40-22-14-26-45-47(40)51(44)43-25-13-12-24-42(43)49(45)36-19-8-3-9-20-36/h1-31H. The zero-order valence-electron chi connectivity index (χ0n) is 27.7. The van der Waals surface area contributed by atoms with Crippen LogP contribution in [0.5, 0.6) is 0 Å². The number of nitrogens with zero attached hydrogens (tertiary/aromatic N) is 3. The molecule has 8 aromatic carbocycles. The molecule has 0 amide bonds. The number of hydrogen-bond donors (Lipinski definition) is 0. The molecule has 0 spiro atoms. The summed E-state index contributed by atoms with van der Waals surface area (Å²) in [7, 11) is 0. The first-order chi connectivity index (χ1) is 25.3. The molecule has 0 saturated carbocycles. The Hall–Kier alpha value is -6.84. The number of aromatic nitrogens is 2. The molecule has 238 valence electrons. The maximum absolute atomic E-state index is 2.51. The van der Waals surface area contributed by atoms with Crippen LogP contribution in [0.2, 0.25) is 0 Å². The number of anilines is 3. The van der Waals surface area contributed by atoms with Crippen molar-refractivity contribution in [1.29, 1.82) is 0 Å². The van der Waals surface area contributed by atoms with Gasteiger partial charge in [0.25, 0.3) is 0 Å². The molecule has 0 unspecified atom stereocenters. The van der Waals surface area contributed by atoms with Gasteiger partial charge in [-0.05, 0) is 82.9 Å². The Balaban J connectivity index is 1.30. The third-order valence-electron chi connectivity index (χ3n) is 10.6. The van der Waals surface area contributed by atoms with Crippen LogP contribution in [-0.4, -0.2) is 9.13 Å². The molecule has 0 saturated heterocycles. The average molecular weight is 650 g/mol. The van der Waals surface area contributed by atoms with Crippen LogP contribution in [0.4, 0.5) is 17.1 Å². The highest BCUT2D eigenvalue weighted by Crippen LogP contribution is 2.51. The van der Waals surface area contributed by atoms with Crippen LogP contribution < -0.4 is 4.90 Å². The number of fused-ring (bicyclic) bond motifs is 9. The van der Waals surface area contributed by atoms with Crippen molar-refractivity contribution in [3.8, 4) is 33.6 Å². The van der Waals surface area contributed by atoms with Gasteiger partial charge < -0.3 is 14.0 Å². The molecule has 11 rings (SSSR count). The van der Waals surface area contributed by atoms with E-state index in [0.29, 0.717) is 0 Å². The molecule has 0 aliphatic carbocycles. The van der Waals surface area contributed by atoms with Gasteiger partial charge in [-0.1, -0.05) is 127 Å². The van der Waals surface area contributed by atoms with Crippen molar-refractivity contribution in [2.24, 2.45) is 0 Å². The number of para-hydroxylation sites is 5. The summed E-state index contributed by atoms with van der Waals surface area (Å²) in [4.78, 5) is 2.42. The second-order valence-electron chi connectivity index (χ2n) is 13.4. The molecule has 2 aromatic heterocycles. The van der Waals surface area contributed by atoms with Gasteiger partial charge in [0, 0.05) is 32.9 Å². The summed E-state index contributed by atoms with van der Waals surface area (Å²) >= 11 is 0. The van der Waals surface area contributed by atoms with Gasteiger partial charge in [-0.3, -0.25) is 0 Å². The lowest BCUT2D eigenvalue weighted by Crippen LogP contribution is -2.17. The molecule has 3 heteroatoms. The average Bonchev–Trinajstić information content (AvgIpc) is 3.73. The minimum atomic E-state index is 1.15. The van der Waals surface area contributed by atoms with Crippen LogP contribution >= 0.6 is 0 Å². The van der Waals surface area contributed by atoms with E-state index < -0.39 is 0 Å². The summed E-state index contributed by atoms with van der Waals surface area (Å²) in [5.74, 6) is 0. The predicted molar refractivity (Wildman–Crippen MR) is 214 cm³/mol. The van der Waals surface area contributed by atoms with Crippen molar-refractivity contribution < 1.29 is 0 Å². The van der Waals surface area contributed by atoms with Gasteiger partial charge in [0.2, 0.25) is 0 Å². The molecule has 0 radical (unpaired) electrons. The van der Waals surface area contributed by atoms with E-state index in [9.17, 15) is 0 Å². The summed E-state index contributed by atoms with van der Waals surface area (Å²) in [6.45, 7) is 0. The Morgan fingerprint density at radius 3 is 1.61 bits per heavy atom. The van der Waals surface area contributed by atoms with Crippen molar-refractivity contribution in [1.82, 2.24) is 9.13 Å². The summed E-state index contributed by atoms with van der Waals surface area (Å²) in [5.41, 5.74) is 15.5. The third-order valence-corrected chi connectivity index (χ3v) is 10.6. The lowest BCUT2D eigenvalue weighted by atomic mass is 9.98. The zero-order valence-corrected chi connectivity index (χ0v) is 27.7. The summed E-state index contributed by atoms with van der Waals surface area (Å²) in [5, 5.41) is 5.01. The van der Waals surface area contributed by atoms with Crippen molar-refractivity contribution >= 4 is 60.7 Å². The monoisotopic (exact) mass is 649 g/mol. The van der Waals surface area contributed by atoms with Crippen molar-refractivity contribution in [2.75, 3.05) is 4.90 Å². The van der Waals surface area contributed by atoms with Crippen LogP contribution in [0.15, 0.2) is 188 Å². The molecule has 0 atom stereocenters. The highest BCUT2D eigenvalue weighted by molar-refractivity contribution is 6.28. The van der Waals surface area contributed by atoms with Crippen LogP contribution in [0.1, 0.15) is 0 Å². The number of benzene rings is 8. The third kappa shape index (κ3) is 4.06. The lowest BCUT2D eigenvalue weighted by Gasteiger charge is -2.33. The molecule has 51 heavy (non-hydrogen) atoms. The topological polar surface area (TPSA) is 13.1 Å². The Morgan fingerprint density at radius 2 is 0.882 bits per heavy atom. The van der Waals surface area contributed by atoms with Crippen LogP contribution in [-0.2, 0) is 0 Å². The van der Waals surface area contributed by atoms with Gasteiger partial charge in [-0.15, -0.1) is 0 Å². The van der Waals surface area contributed by atoms with Gasteiger partial charge in [0.1, 0.15) is 0 Å². The normalized spacial score (nSPS) is 12.3. The minimum Gasteiger partial charge on any atom is -0.308 e. The molecular weight excluding hydrogens is 619 g/mol. The van der Waals surface area contributed by atoms with E-state index in [-0.39, 0.29) is 0 Å². The molecule has 0 fully saturated rings. The van der Waals surface area contributed by atoms with E-state index in [4.69, 9.17) is 0 Å². The summed E-state index contributed by atoms with van der Waals surface area (Å²) in [6.07, 6.45) is 0. The largest absolute Gasteiger partial charge is 0.308 e. The van der Waals surface area contributed by atoms with Crippen LogP contribution in [0.25, 0.3) is 77.2 Å². The second kappa shape index (κ2) is 10.8. The second-order valence-corrected chi connectivity index (χ2v) is 13.4. The number of rotatable bonds is 4. The predicted octanol–water partition coefficient (Wildman–Crippen LogP) is 13.0. The van der Waals surface area contributed by atoms with E-state index in [1.807, 2.05) is 0 Å². The van der Waals surface area contributed by atoms with Gasteiger partial charge >= 0.3 is 0 Å². The fraction of sp³-hybridized carbons (Fsp3) is 0. The summed E-state index contributed by atoms with van der Waals surface area (Å²) in [6, 6.07) is 68.4. The smallest absolute Gasteiger partial charge is 0.0784 e. The highest BCUT2D eigenvalue weighted by atomic mass is 15.2. The van der Waals surface area contributed by atoms with Gasteiger partial charge in [-0.25, -0.2) is 0 Å². The van der Waals surface area contributed by atoms with Crippen molar-refractivity contribution in [2.45, 2.75) is 0 Å². The maximum Gasteiger partial charge on any atom is 0.0784 e. The van der Waals surface area contributed by atoms with Crippen LogP contribution in [0, 0.1) is 0 Å². The molecule has 0 N–H and O–H groups in total. The quantitative estimate of drug-likeness (QED) is 0.185. The Kier molecular flexibility index (Phi) is 5.96. The first-order valence-electron chi connectivity index (χ1n) is 17.5. The van der Waals surface area contributed by atoms with E-state index in [1.165, 1.54) is 82.9 Å². The molecule has 1 aliphatic heterocycles. The fourth-order valence-electron chi connectivity index (χ4n) is 8.45. The van der Waals surface area contributed by atoms with E-state index >= 15 is 0 Å². The molecule has 1 aliphatic rings. The Morgan fingerprint density at radius 1 is 0.294 bits per heavy atom. The minimum absolute atomic E-state index is 1.15. The van der Waals surface area contributed by atoms with Gasteiger partial charge in [0.05, 0.1) is 39.1 Å². The highest BCUT2D eigenvalue weighted by Gasteiger charge is 2.30. The number of hydrogen-bond acceptors (Lipinski definition) is 1. The van der Waals surface area contributed by atoms with E-state index in [1.54, 1.807) is 0 Å². The van der Waals surface area contributed by atoms with Crippen molar-refractivity contribution in [3.63, 3.8) is 0 Å². The Labute approximate surface area is 295 Å². The molecular formula is C48H31N3.